The van der Waals surface area contributed by atoms with Gasteiger partial charge >= 0.3 is 0 Å². The Morgan fingerprint density at radius 2 is 1.77 bits per heavy atom. The summed E-state index contributed by atoms with van der Waals surface area (Å²) >= 11 is 6.10. The van der Waals surface area contributed by atoms with Gasteiger partial charge in [0.25, 0.3) is 5.91 Å². The van der Waals surface area contributed by atoms with Gasteiger partial charge in [0, 0.05) is 29.7 Å². The van der Waals surface area contributed by atoms with Gasteiger partial charge in [0.15, 0.2) is 0 Å². The van der Waals surface area contributed by atoms with Crippen LogP contribution in [0.1, 0.15) is 29.8 Å². The number of hydrogen-bond acceptors (Lipinski definition) is 5. The van der Waals surface area contributed by atoms with Gasteiger partial charge in [-0.3, -0.25) is 4.79 Å². The summed E-state index contributed by atoms with van der Waals surface area (Å²) < 4.78 is 38.2. The van der Waals surface area contributed by atoms with Gasteiger partial charge in [0.05, 0.1) is 29.9 Å². The number of rotatable bonds is 5. The van der Waals surface area contributed by atoms with Crippen molar-refractivity contribution in [3.8, 4) is 5.75 Å². The van der Waals surface area contributed by atoms with Gasteiger partial charge < -0.3 is 14.8 Å². The average Bonchev–Trinajstić information content (AvgIpc) is 2.69. The minimum atomic E-state index is -3.66. The van der Waals surface area contributed by atoms with E-state index in [-0.39, 0.29) is 23.0 Å². The number of ether oxygens (including phenoxy) is 2. The van der Waals surface area contributed by atoms with Crippen LogP contribution in [0.25, 0.3) is 0 Å². The topological polar surface area (TPSA) is 84.9 Å². The van der Waals surface area contributed by atoms with Gasteiger partial charge in [-0.2, -0.15) is 4.31 Å². The van der Waals surface area contributed by atoms with Crippen molar-refractivity contribution in [3.63, 3.8) is 0 Å². The summed E-state index contributed by atoms with van der Waals surface area (Å²) in [4.78, 5) is 12.8. The van der Waals surface area contributed by atoms with E-state index in [2.05, 4.69) is 5.32 Å². The molecular weight excluding hydrogens is 428 g/mol. The molecule has 0 aliphatic carbocycles. The minimum absolute atomic E-state index is 0.139. The Balaban J connectivity index is 1.79. The molecule has 1 amide bonds. The molecule has 3 rings (SSSR count). The smallest absolute Gasteiger partial charge is 0.255 e. The molecule has 1 aliphatic heterocycles. The Labute approximate surface area is 182 Å². The average molecular weight is 453 g/mol. The lowest BCUT2D eigenvalue weighted by Gasteiger charge is -2.34. The molecule has 2 atom stereocenters. The summed E-state index contributed by atoms with van der Waals surface area (Å²) in [6, 6.07) is 9.22. The fourth-order valence-electron chi connectivity index (χ4n) is 3.38. The standard InChI is InChI=1S/C21H25ClN2O5S/c1-13-9-19(20(28-4)10-18(13)22)23-21(25)16-5-7-17(8-6-16)30(26,27)24-11-14(2)29-15(3)12-24/h5-10,14-15H,11-12H2,1-4H3,(H,23,25). The predicted molar refractivity (Wildman–Crippen MR) is 116 cm³/mol. The number of morpholine rings is 1. The van der Waals surface area contributed by atoms with Crippen LogP contribution in [0.4, 0.5) is 5.69 Å². The third kappa shape index (κ3) is 4.78. The molecule has 162 valence electrons. The van der Waals surface area contributed by atoms with Crippen LogP contribution in [0.2, 0.25) is 5.02 Å². The maximum atomic E-state index is 12.9. The number of anilines is 1. The summed E-state index contributed by atoms with van der Waals surface area (Å²) in [6.07, 6.45) is -0.349. The summed E-state index contributed by atoms with van der Waals surface area (Å²) in [5.41, 5.74) is 1.60. The molecule has 30 heavy (non-hydrogen) atoms. The van der Waals surface area contributed by atoms with Crippen molar-refractivity contribution >= 4 is 33.2 Å². The lowest BCUT2D eigenvalue weighted by atomic mass is 10.1. The van der Waals surface area contributed by atoms with Crippen LogP contribution in [-0.2, 0) is 14.8 Å². The number of carbonyl (C=O) groups excluding carboxylic acids is 1. The molecule has 7 nitrogen and oxygen atoms in total. The Hall–Kier alpha value is -2.13. The summed E-state index contributed by atoms with van der Waals surface area (Å²) in [5, 5.41) is 3.31. The molecule has 0 spiro atoms. The van der Waals surface area contributed by atoms with Gasteiger partial charge in [-0.05, 0) is 56.7 Å². The molecule has 2 aromatic carbocycles. The number of aryl methyl sites for hydroxylation is 1. The number of hydrogen-bond donors (Lipinski definition) is 1. The zero-order valence-electron chi connectivity index (χ0n) is 17.3. The highest BCUT2D eigenvalue weighted by Gasteiger charge is 2.32. The van der Waals surface area contributed by atoms with E-state index in [1.165, 1.54) is 35.7 Å². The van der Waals surface area contributed by atoms with Crippen molar-refractivity contribution < 1.29 is 22.7 Å². The molecule has 9 heteroatoms. The van der Waals surface area contributed by atoms with Gasteiger partial charge in [-0.1, -0.05) is 11.6 Å². The van der Waals surface area contributed by atoms with Gasteiger partial charge in [-0.25, -0.2) is 8.42 Å². The zero-order valence-corrected chi connectivity index (χ0v) is 18.9. The first kappa shape index (κ1) is 22.6. The highest BCUT2D eigenvalue weighted by molar-refractivity contribution is 7.89. The lowest BCUT2D eigenvalue weighted by molar-refractivity contribution is -0.0440. The number of nitrogens with one attached hydrogen (secondary N) is 1. The maximum Gasteiger partial charge on any atom is 0.255 e. The van der Waals surface area contributed by atoms with Crippen molar-refractivity contribution in [2.24, 2.45) is 0 Å². The first-order chi connectivity index (χ1) is 14.1. The van der Waals surface area contributed by atoms with Crippen LogP contribution < -0.4 is 10.1 Å². The number of nitrogens with zero attached hydrogens (tertiary/aromatic N) is 1. The first-order valence-electron chi connectivity index (χ1n) is 9.53. The van der Waals surface area contributed by atoms with Crippen LogP contribution in [-0.4, -0.2) is 51.0 Å². The fourth-order valence-corrected chi connectivity index (χ4v) is 5.12. The molecule has 1 heterocycles. The quantitative estimate of drug-likeness (QED) is 0.747. The summed E-state index contributed by atoms with van der Waals surface area (Å²) in [6.45, 7) is 6.11. The number of halogens is 1. The predicted octanol–water partition coefficient (Wildman–Crippen LogP) is 3.71. The fraction of sp³-hybridized carbons (Fsp3) is 0.381. The number of benzene rings is 2. The monoisotopic (exact) mass is 452 g/mol. The van der Waals surface area contributed by atoms with Gasteiger partial charge in [-0.15, -0.1) is 0 Å². The molecule has 1 fully saturated rings. The molecule has 0 saturated carbocycles. The van der Waals surface area contributed by atoms with E-state index in [1.54, 1.807) is 12.1 Å². The lowest BCUT2D eigenvalue weighted by Crippen LogP contribution is -2.48. The third-order valence-electron chi connectivity index (χ3n) is 4.87. The largest absolute Gasteiger partial charge is 0.495 e. The SMILES string of the molecule is COc1cc(Cl)c(C)cc1NC(=O)c1ccc(S(=O)(=O)N2CC(C)OC(C)C2)cc1. The van der Waals surface area contributed by atoms with E-state index in [4.69, 9.17) is 21.1 Å². The number of methoxy groups -OCH3 is 1. The van der Waals surface area contributed by atoms with Crippen molar-refractivity contribution in [2.45, 2.75) is 37.9 Å². The summed E-state index contributed by atoms with van der Waals surface area (Å²) in [7, 11) is -2.17. The van der Waals surface area contributed by atoms with Crippen LogP contribution in [0.5, 0.6) is 5.75 Å². The van der Waals surface area contributed by atoms with E-state index >= 15 is 0 Å². The molecule has 0 radical (unpaired) electrons. The number of carbonyl (C=O) groups is 1. The van der Waals surface area contributed by atoms with Gasteiger partial charge in [0.2, 0.25) is 10.0 Å². The minimum Gasteiger partial charge on any atom is -0.495 e. The number of amides is 1. The van der Waals surface area contributed by atoms with E-state index in [0.29, 0.717) is 35.1 Å². The van der Waals surface area contributed by atoms with Crippen LogP contribution in [0.3, 0.4) is 0 Å². The van der Waals surface area contributed by atoms with E-state index in [9.17, 15) is 13.2 Å². The Kier molecular flexibility index (Phi) is 6.71. The highest BCUT2D eigenvalue weighted by atomic mass is 35.5. The van der Waals surface area contributed by atoms with Gasteiger partial charge in [0.1, 0.15) is 5.75 Å². The molecule has 1 saturated heterocycles. The van der Waals surface area contributed by atoms with Crippen LogP contribution in [0.15, 0.2) is 41.3 Å². The second-order valence-corrected chi connectivity index (χ2v) is 9.70. The third-order valence-corrected chi connectivity index (χ3v) is 7.12. The molecule has 1 N–H and O–H groups in total. The Morgan fingerprint density at radius 3 is 2.33 bits per heavy atom. The number of sulfonamides is 1. The second-order valence-electron chi connectivity index (χ2n) is 7.36. The molecule has 0 bridgehead atoms. The Morgan fingerprint density at radius 1 is 1.17 bits per heavy atom. The molecule has 0 aromatic heterocycles. The zero-order chi connectivity index (χ0) is 22.1. The van der Waals surface area contributed by atoms with E-state index in [0.717, 1.165) is 5.56 Å². The highest BCUT2D eigenvalue weighted by Crippen LogP contribution is 2.31. The van der Waals surface area contributed by atoms with Crippen molar-refractivity contribution in [1.29, 1.82) is 0 Å². The molecular formula is C21H25ClN2O5S. The molecule has 2 unspecified atom stereocenters. The molecule has 1 aliphatic rings. The van der Waals surface area contributed by atoms with Crippen molar-refractivity contribution in [3.05, 3.63) is 52.5 Å². The normalized spacial score (nSPS) is 20.0. The van der Waals surface area contributed by atoms with Crippen LogP contribution >= 0.6 is 11.6 Å². The van der Waals surface area contributed by atoms with Crippen molar-refractivity contribution in [1.82, 2.24) is 4.31 Å². The van der Waals surface area contributed by atoms with E-state index < -0.39 is 10.0 Å². The van der Waals surface area contributed by atoms with E-state index in [1.807, 2.05) is 20.8 Å². The maximum absolute atomic E-state index is 12.9. The van der Waals surface area contributed by atoms with Crippen molar-refractivity contribution in [2.75, 3.05) is 25.5 Å². The second kappa shape index (κ2) is 8.93. The molecule has 2 aromatic rings. The van der Waals surface area contributed by atoms with Crippen LogP contribution in [0, 0.1) is 6.92 Å². The summed E-state index contributed by atoms with van der Waals surface area (Å²) in [5.74, 6) is 0.0568. The Bertz CT molecular complexity index is 1030. The first-order valence-corrected chi connectivity index (χ1v) is 11.3.